The van der Waals surface area contributed by atoms with Crippen LogP contribution >= 0.6 is 11.3 Å². The minimum absolute atomic E-state index is 0.00498. The molecule has 0 aliphatic heterocycles. The number of nitrogens with zero attached hydrogens (tertiary/aromatic N) is 3. The molecule has 1 N–H and O–H groups in total. The maximum atomic E-state index is 12.9. The van der Waals surface area contributed by atoms with Gasteiger partial charge in [0.25, 0.3) is 0 Å². The van der Waals surface area contributed by atoms with E-state index < -0.39 is 0 Å². The van der Waals surface area contributed by atoms with E-state index in [9.17, 15) is 4.79 Å². The topological polar surface area (TPSA) is 67.8 Å². The van der Waals surface area contributed by atoms with E-state index in [1.165, 1.54) is 36.8 Å². The second-order valence-electron chi connectivity index (χ2n) is 8.64. The average molecular weight is 407 g/mol. The quantitative estimate of drug-likeness (QED) is 0.588. The summed E-state index contributed by atoms with van der Waals surface area (Å²) >= 11 is 1.77. The lowest BCUT2D eigenvalue weighted by molar-refractivity contribution is -0.119. The Balaban J connectivity index is 1.29. The fourth-order valence-corrected chi connectivity index (χ4v) is 5.68. The minimum atomic E-state index is 0.00498. The van der Waals surface area contributed by atoms with Crippen LogP contribution in [0, 0.1) is 5.41 Å². The molecule has 1 aromatic carbocycles. The minimum Gasteiger partial charge on any atom is -0.323 e. The Morgan fingerprint density at radius 2 is 1.86 bits per heavy atom. The molecule has 0 radical (unpaired) electrons. The third kappa shape index (κ3) is 4.32. The molecule has 0 bridgehead atoms. The number of hydrogen-bond acceptors (Lipinski definition) is 5. The number of benzene rings is 1. The number of anilines is 1. The number of aromatic nitrogens is 3. The molecule has 0 spiro atoms. The number of hydrogen-bond donors (Lipinski definition) is 1. The van der Waals surface area contributed by atoms with Crippen LogP contribution in [0.25, 0.3) is 10.2 Å². The summed E-state index contributed by atoms with van der Waals surface area (Å²) in [4.78, 5) is 26.6. The molecule has 0 atom stereocenters. The van der Waals surface area contributed by atoms with Crippen LogP contribution in [0.3, 0.4) is 0 Å². The number of amides is 1. The maximum Gasteiger partial charge on any atom is 0.225 e. The zero-order chi connectivity index (χ0) is 19.7. The van der Waals surface area contributed by atoms with Crippen LogP contribution in [0.4, 0.5) is 5.69 Å². The molecule has 2 aliphatic rings. The van der Waals surface area contributed by atoms with Crippen molar-refractivity contribution in [2.45, 2.75) is 63.7 Å². The third-order valence-electron chi connectivity index (χ3n) is 6.21. The molecule has 2 saturated carbocycles. The summed E-state index contributed by atoms with van der Waals surface area (Å²) in [5, 5.41) is 4.18. The number of rotatable bonds is 6. The lowest BCUT2D eigenvalue weighted by Gasteiger charge is -2.36. The number of nitrogens with one attached hydrogen (secondary N) is 1. The predicted molar refractivity (Wildman–Crippen MR) is 116 cm³/mol. The van der Waals surface area contributed by atoms with Gasteiger partial charge >= 0.3 is 0 Å². The van der Waals surface area contributed by atoms with Crippen LogP contribution in [0.1, 0.15) is 68.1 Å². The van der Waals surface area contributed by atoms with Crippen molar-refractivity contribution in [2.75, 3.05) is 5.32 Å². The highest BCUT2D eigenvalue weighted by Gasteiger charge is 2.35. The Hall–Kier alpha value is -2.34. The smallest absolute Gasteiger partial charge is 0.225 e. The van der Waals surface area contributed by atoms with Gasteiger partial charge in [-0.2, -0.15) is 0 Å². The van der Waals surface area contributed by atoms with E-state index in [2.05, 4.69) is 33.5 Å². The van der Waals surface area contributed by atoms with Crippen LogP contribution in [0.15, 0.2) is 36.7 Å². The number of thiazole rings is 1. The molecule has 5 rings (SSSR count). The standard InChI is InChI=1S/C23H26N4OS/c28-20(26-17-14-24-22(25-15-17)16-8-9-16)12-23(10-4-1-5-11-23)13-21-27-18-6-2-3-7-19(18)29-21/h2-3,6-7,14-16H,1,4-5,8-13H2,(H,26,28). The van der Waals surface area contributed by atoms with Gasteiger partial charge in [-0.05, 0) is 43.2 Å². The number of carbonyl (C=O) groups excluding carboxylic acids is 1. The van der Waals surface area contributed by atoms with Gasteiger partial charge in [-0.15, -0.1) is 11.3 Å². The zero-order valence-corrected chi connectivity index (χ0v) is 17.4. The third-order valence-corrected chi connectivity index (χ3v) is 7.25. The van der Waals surface area contributed by atoms with Crippen molar-refractivity contribution in [3.05, 3.63) is 47.5 Å². The summed E-state index contributed by atoms with van der Waals surface area (Å²) < 4.78 is 1.23. The summed E-state index contributed by atoms with van der Waals surface area (Å²) in [5.41, 5.74) is 1.77. The maximum absolute atomic E-state index is 12.9. The molecule has 6 heteroatoms. The highest BCUT2D eigenvalue weighted by Crippen LogP contribution is 2.43. The Morgan fingerprint density at radius 1 is 1.10 bits per heavy atom. The Kier molecular flexibility index (Phi) is 5.04. The lowest BCUT2D eigenvalue weighted by atomic mass is 9.69. The van der Waals surface area contributed by atoms with Gasteiger partial charge in [0.1, 0.15) is 5.82 Å². The van der Waals surface area contributed by atoms with Crippen molar-refractivity contribution >= 4 is 33.1 Å². The molecule has 2 aromatic heterocycles. The van der Waals surface area contributed by atoms with E-state index in [0.29, 0.717) is 18.0 Å². The molecular formula is C23H26N4OS. The first-order valence-electron chi connectivity index (χ1n) is 10.7. The second-order valence-corrected chi connectivity index (χ2v) is 9.76. The number of para-hydroxylation sites is 1. The Morgan fingerprint density at radius 3 is 2.59 bits per heavy atom. The van der Waals surface area contributed by atoms with E-state index in [-0.39, 0.29) is 11.3 Å². The summed E-state index contributed by atoms with van der Waals surface area (Å²) in [7, 11) is 0. The van der Waals surface area contributed by atoms with Crippen LogP contribution in [0.5, 0.6) is 0 Å². The molecule has 2 fully saturated rings. The first-order chi connectivity index (χ1) is 14.2. The molecule has 0 unspecified atom stereocenters. The normalized spacial score (nSPS) is 18.6. The highest BCUT2D eigenvalue weighted by atomic mass is 32.1. The Labute approximate surface area is 175 Å². The lowest BCUT2D eigenvalue weighted by Crippen LogP contribution is -2.32. The molecule has 5 nitrogen and oxygen atoms in total. The van der Waals surface area contributed by atoms with Crippen molar-refractivity contribution in [3.63, 3.8) is 0 Å². The number of fused-ring (bicyclic) bond motifs is 1. The molecule has 0 saturated heterocycles. The molecule has 150 valence electrons. The molecule has 29 heavy (non-hydrogen) atoms. The first kappa shape index (κ1) is 18.7. The van der Waals surface area contributed by atoms with Gasteiger partial charge in [-0.3, -0.25) is 4.79 Å². The van der Waals surface area contributed by atoms with Crippen molar-refractivity contribution in [1.29, 1.82) is 0 Å². The largest absolute Gasteiger partial charge is 0.323 e. The van der Waals surface area contributed by atoms with E-state index >= 15 is 0 Å². The summed E-state index contributed by atoms with van der Waals surface area (Å²) in [6.07, 6.45) is 13.1. The SMILES string of the molecule is O=C(CC1(Cc2nc3ccccc3s2)CCCCC1)Nc1cnc(C2CC2)nc1. The second kappa shape index (κ2) is 7.82. The van der Waals surface area contributed by atoms with E-state index in [1.54, 1.807) is 23.7 Å². The van der Waals surface area contributed by atoms with Crippen LogP contribution in [-0.2, 0) is 11.2 Å². The predicted octanol–water partition coefficient (Wildman–Crippen LogP) is 5.49. The van der Waals surface area contributed by atoms with Gasteiger partial charge in [0.05, 0.1) is 33.3 Å². The van der Waals surface area contributed by atoms with E-state index in [4.69, 9.17) is 4.98 Å². The van der Waals surface area contributed by atoms with Crippen molar-refractivity contribution in [2.24, 2.45) is 5.41 Å². The fourth-order valence-electron chi connectivity index (χ4n) is 4.53. The fraction of sp³-hybridized carbons (Fsp3) is 0.478. The molecule has 1 amide bonds. The summed E-state index contributed by atoms with van der Waals surface area (Å²) in [5.74, 6) is 1.50. The van der Waals surface area contributed by atoms with Crippen LogP contribution < -0.4 is 5.32 Å². The molecule has 2 aliphatic carbocycles. The van der Waals surface area contributed by atoms with Crippen molar-refractivity contribution < 1.29 is 4.79 Å². The van der Waals surface area contributed by atoms with Crippen LogP contribution in [0.2, 0.25) is 0 Å². The molecule has 2 heterocycles. The molecule has 3 aromatic rings. The van der Waals surface area contributed by atoms with Crippen molar-refractivity contribution in [3.8, 4) is 0 Å². The molecular weight excluding hydrogens is 380 g/mol. The van der Waals surface area contributed by atoms with Gasteiger partial charge < -0.3 is 5.32 Å². The van der Waals surface area contributed by atoms with E-state index in [0.717, 1.165) is 35.6 Å². The van der Waals surface area contributed by atoms with Gasteiger partial charge in [-0.25, -0.2) is 15.0 Å². The zero-order valence-electron chi connectivity index (χ0n) is 16.6. The summed E-state index contributed by atoms with van der Waals surface area (Å²) in [6.45, 7) is 0. The highest BCUT2D eigenvalue weighted by molar-refractivity contribution is 7.18. The van der Waals surface area contributed by atoms with E-state index in [1.807, 2.05) is 6.07 Å². The van der Waals surface area contributed by atoms with Gasteiger partial charge in [0.2, 0.25) is 5.91 Å². The Bertz CT molecular complexity index is 970. The number of carbonyl (C=O) groups is 1. The van der Waals surface area contributed by atoms with Gasteiger partial charge in [0.15, 0.2) is 0 Å². The van der Waals surface area contributed by atoms with Crippen LogP contribution in [-0.4, -0.2) is 20.9 Å². The van der Waals surface area contributed by atoms with Crippen molar-refractivity contribution in [1.82, 2.24) is 15.0 Å². The van der Waals surface area contributed by atoms with Gasteiger partial charge in [-0.1, -0.05) is 31.4 Å². The summed E-state index contributed by atoms with van der Waals surface area (Å²) in [6, 6.07) is 8.29. The first-order valence-corrected chi connectivity index (χ1v) is 11.5. The average Bonchev–Trinajstić information content (AvgIpc) is 3.49. The monoisotopic (exact) mass is 406 g/mol. The van der Waals surface area contributed by atoms with Gasteiger partial charge in [0, 0.05) is 18.8 Å².